The zero-order valence-electron chi connectivity index (χ0n) is 35.4. The van der Waals surface area contributed by atoms with Crippen LogP contribution in [-0.4, -0.2) is 82.2 Å². The molecule has 4 saturated carbocycles. The second-order valence-corrected chi connectivity index (χ2v) is 18.6. The van der Waals surface area contributed by atoms with Crippen molar-refractivity contribution in [2.24, 2.45) is 35.5 Å². The van der Waals surface area contributed by atoms with E-state index in [0.29, 0.717) is 94.9 Å². The second kappa shape index (κ2) is 16.6. The van der Waals surface area contributed by atoms with Gasteiger partial charge < -0.3 is 29.9 Å². The number of aliphatic hydroxyl groups is 4. The van der Waals surface area contributed by atoms with E-state index in [1.54, 1.807) is 26.0 Å². The fraction of sp³-hybridized carbons (Fsp3) is 0.462. The number of carbonyl (C=O) groups is 4. The summed E-state index contributed by atoms with van der Waals surface area (Å²) < 4.78 is 12.0. The molecule has 0 bridgehead atoms. The van der Waals surface area contributed by atoms with Gasteiger partial charge in [0.25, 0.3) is 0 Å². The molecule has 0 radical (unpaired) electrons. The summed E-state index contributed by atoms with van der Waals surface area (Å²) in [5, 5.41) is 40.4. The Bertz CT molecular complexity index is 2200. The Morgan fingerprint density at radius 2 is 0.903 bits per heavy atom. The number of fused-ring (bicyclic) bond motifs is 4. The molecule has 4 fully saturated rings. The quantitative estimate of drug-likeness (QED) is 0.0964. The third-order valence-electron chi connectivity index (χ3n) is 15.3. The van der Waals surface area contributed by atoms with Gasteiger partial charge in [-0.15, -0.1) is 0 Å². The number of hydrogen-bond acceptors (Lipinski definition) is 10. The minimum atomic E-state index is -0.796. The average molecular weight is 841 g/mol. The summed E-state index contributed by atoms with van der Waals surface area (Å²) in [6.07, 6.45) is 4.25. The van der Waals surface area contributed by atoms with Crippen LogP contribution in [0, 0.1) is 35.5 Å². The van der Waals surface area contributed by atoms with E-state index in [1.165, 1.54) is 0 Å². The fourth-order valence-electron chi connectivity index (χ4n) is 11.5. The molecule has 4 N–H and O–H groups in total. The molecule has 0 aromatic heterocycles. The molecule has 0 saturated heterocycles. The fourth-order valence-corrected chi connectivity index (χ4v) is 11.5. The van der Waals surface area contributed by atoms with Crippen LogP contribution in [0.4, 0.5) is 0 Å². The first kappa shape index (κ1) is 42.3. The topological polar surface area (TPSA) is 168 Å². The largest absolute Gasteiger partial charge is 0.491 e. The van der Waals surface area contributed by atoms with Gasteiger partial charge in [-0.3, -0.25) is 19.2 Å². The van der Waals surface area contributed by atoms with Gasteiger partial charge in [-0.25, -0.2) is 0 Å². The highest BCUT2D eigenvalue weighted by molar-refractivity contribution is 6.05. The molecule has 2 aliphatic heterocycles. The lowest BCUT2D eigenvalue weighted by molar-refractivity contribution is 0.0952. The van der Waals surface area contributed by atoms with Gasteiger partial charge in [-0.05, 0) is 96.6 Å². The van der Waals surface area contributed by atoms with Crippen molar-refractivity contribution in [2.75, 3.05) is 26.4 Å². The molecule has 4 aromatic carbocycles. The van der Waals surface area contributed by atoms with Gasteiger partial charge in [-0.2, -0.15) is 0 Å². The summed E-state index contributed by atoms with van der Waals surface area (Å²) in [6, 6.07) is 26.3. The Labute approximate surface area is 362 Å². The van der Waals surface area contributed by atoms with Gasteiger partial charge in [0.05, 0.1) is 47.4 Å². The first-order valence-electron chi connectivity index (χ1n) is 22.4. The van der Waals surface area contributed by atoms with Crippen molar-refractivity contribution < 1.29 is 49.1 Å². The van der Waals surface area contributed by atoms with Crippen LogP contribution in [0.15, 0.2) is 84.9 Å². The van der Waals surface area contributed by atoms with E-state index < -0.39 is 10.8 Å². The first-order valence-corrected chi connectivity index (χ1v) is 22.4. The Morgan fingerprint density at radius 3 is 1.23 bits per heavy atom. The molecule has 324 valence electrons. The average Bonchev–Trinajstić information content (AvgIpc) is 3.72. The number of ketones is 4. The molecule has 4 unspecified atom stereocenters. The van der Waals surface area contributed by atoms with Gasteiger partial charge in [-0.1, -0.05) is 74.5 Å². The molecule has 4 aliphatic carbocycles. The number of Topliss-reactive ketones (excluding diaryl/α,β-unsaturated/α-hetero) is 4. The summed E-state index contributed by atoms with van der Waals surface area (Å²) in [4.78, 5) is 51.9. The standard InChI is InChI=1S/2C26H28O5/c2*1-2-23(29)21-8-15(24(30)12-20-18-10-17(28)11-19(18)20)9-22-25(21)31-14-26(22,13-27)16-6-4-3-5-7-16/h2*3-9,17-20,27-28H,2,10-14H2,1H3/t2*17?,18-,19+,20?,26-/m00/s1. The monoisotopic (exact) mass is 840 g/mol. The van der Waals surface area contributed by atoms with Crippen molar-refractivity contribution >= 4 is 23.1 Å². The zero-order chi connectivity index (χ0) is 43.5. The highest BCUT2D eigenvalue weighted by Gasteiger charge is 2.57. The van der Waals surface area contributed by atoms with Crippen LogP contribution in [-0.2, 0) is 10.8 Å². The van der Waals surface area contributed by atoms with Gasteiger partial charge in [0, 0.05) is 47.9 Å². The molecule has 62 heavy (non-hydrogen) atoms. The van der Waals surface area contributed by atoms with Crippen molar-refractivity contribution in [2.45, 2.75) is 88.3 Å². The smallest absolute Gasteiger partial charge is 0.166 e. The van der Waals surface area contributed by atoms with Crippen molar-refractivity contribution in [3.8, 4) is 11.5 Å². The maximum atomic E-state index is 13.2. The van der Waals surface area contributed by atoms with E-state index in [1.807, 2.05) is 72.8 Å². The normalized spacial score (nSPS) is 30.4. The van der Waals surface area contributed by atoms with E-state index in [-0.39, 0.29) is 61.8 Å². The van der Waals surface area contributed by atoms with Gasteiger partial charge in [0.2, 0.25) is 0 Å². The Morgan fingerprint density at radius 1 is 0.548 bits per heavy atom. The van der Waals surface area contributed by atoms with Crippen LogP contribution in [0.1, 0.15) is 129 Å². The lowest BCUT2D eigenvalue weighted by Crippen LogP contribution is -2.33. The highest BCUT2D eigenvalue weighted by atomic mass is 16.5. The maximum absolute atomic E-state index is 13.2. The third-order valence-corrected chi connectivity index (χ3v) is 15.3. The first-order chi connectivity index (χ1) is 30.0. The highest BCUT2D eigenvalue weighted by Crippen LogP contribution is 2.60. The minimum absolute atomic E-state index is 0.0219. The van der Waals surface area contributed by atoms with Gasteiger partial charge in [0.1, 0.15) is 24.7 Å². The molecule has 10 nitrogen and oxygen atoms in total. The van der Waals surface area contributed by atoms with E-state index in [0.717, 1.165) is 47.9 Å². The number of aliphatic hydroxyl groups excluding tert-OH is 4. The molecule has 6 aliphatic rings. The van der Waals surface area contributed by atoms with Crippen LogP contribution in [0.5, 0.6) is 11.5 Å². The summed E-state index contributed by atoms with van der Waals surface area (Å²) in [5.41, 5.74) is 3.54. The number of rotatable bonds is 14. The van der Waals surface area contributed by atoms with E-state index in [2.05, 4.69) is 0 Å². The Balaban J connectivity index is 0.000000158. The lowest BCUT2D eigenvalue weighted by atomic mass is 9.75. The number of carbonyl (C=O) groups excluding carboxylic acids is 4. The van der Waals surface area contributed by atoms with Gasteiger partial charge in [0.15, 0.2) is 23.1 Å². The van der Waals surface area contributed by atoms with Crippen molar-refractivity contribution in [3.05, 3.63) is 129 Å². The molecule has 10 heteroatoms. The molecule has 10 atom stereocenters. The van der Waals surface area contributed by atoms with Gasteiger partial charge >= 0.3 is 0 Å². The number of benzene rings is 4. The van der Waals surface area contributed by atoms with Crippen LogP contribution >= 0.6 is 0 Å². The van der Waals surface area contributed by atoms with Crippen molar-refractivity contribution in [3.63, 3.8) is 0 Å². The summed E-state index contributed by atoms with van der Waals surface area (Å²) >= 11 is 0. The summed E-state index contributed by atoms with van der Waals surface area (Å²) in [5.74, 6) is 3.37. The zero-order valence-corrected chi connectivity index (χ0v) is 35.4. The number of hydrogen-bond donors (Lipinski definition) is 4. The Kier molecular flexibility index (Phi) is 11.3. The minimum Gasteiger partial charge on any atom is -0.491 e. The van der Waals surface area contributed by atoms with E-state index in [9.17, 15) is 39.6 Å². The molecule has 0 amide bonds. The number of ether oxygens (including phenoxy) is 2. The Hall–Kier alpha value is -5.00. The van der Waals surface area contributed by atoms with Crippen LogP contribution in [0.25, 0.3) is 0 Å². The van der Waals surface area contributed by atoms with Crippen molar-refractivity contribution in [1.82, 2.24) is 0 Å². The molecular weight excluding hydrogens is 785 g/mol. The SMILES string of the molecule is CCC(=O)c1cc(C(=O)CC2[C@H]3CC(O)C[C@@H]23)cc2c1OC[C@@]2(CO)c1ccccc1.CCC(=O)c1cc(C(=O)CC2[C@H]3CC(O)C[C@@H]23)cc2c1OC[C@@]2(CO)c1ccccc1. The predicted molar refractivity (Wildman–Crippen MR) is 231 cm³/mol. The van der Waals surface area contributed by atoms with Crippen LogP contribution in [0.2, 0.25) is 0 Å². The second-order valence-electron chi connectivity index (χ2n) is 18.6. The third kappa shape index (κ3) is 7.22. The van der Waals surface area contributed by atoms with E-state index >= 15 is 0 Å². The lowest BCUT2D eigenvalue weighted by Gasteiger charge is -2.26. The van der Waals surface area contributed by atoms with Crippen molar-refractivity contribution in [1.29, 1.82) is 0 Å². The molecule has 2 heterocycles. The van der Waals surface area contributed by atoms with Crippen LogP contribution < -0.4 is 9.47 Å². The van der Waals surface area contributed by atoms with Crippen LogP contribution in [0.3, 0.4) is 0 Å². The predicted octanol–water partition coefficient (Wildman–Crippen LogP) is 7.08. The molecule has 4 aromatic rings. The van der Waals surface area contributed by atoms with E-state index in [4.69, 9.17) is 9.47 Å². The maximum Gasteiger partial charge on any atom is 0.166 e. The molecular formula is C52H56O10. The summed E-state index contributed by atoms with van der Waals surface area (Å²) in [7, 11) is 0. The summed E-state index contributed by atoms with van der Waals surface area (Å²) in [6.45, 7) is 3.71. The molecule has 0 spiro atoms. The molecule has 10 rings (SSSR count).